The Kier molecular flexibility index (Phi) is 9.94. The van der Waals surface area contributed by atoms with Crippen LogP contribution in [0.3, 0.4) is 0 Å². The smallest absolute Gasteiger partial charge is 0.393 e. The van der Waals surface area contributed by atoms with Crippen LogP contribution >= 0.6 is 0 Å². The van der Waals surface area contributed by atoms with Crippen molar-refractivity contribution in [2.75, 3.05) is 30.3 Å². The molecule has 5 aliphatic rings. The van der Waals surface area contributed by atoms with E-state index < -0.39 is 64.2 Å². The minimum Gasteiger partial charge on any atom is -0.472 e. The Morgan fingerprint density at radius 2 is 1.84 bits per heavy atom. The van der Waals surface area contributed by atoms with Crippen LogP contribution in [0.5, 0.6) is 5.88 Å². The van der Waals surface area contributed by atoms with Gasteiger partial charge in [0, 0.05) is 54.2 Å². The molecule has 0 spiro atoms. The summed E-state index contributed by atoms with van der Waals surface area (Å²) in [5.41, 5.74) is 1.93. The van der Waals surface area contributed by atoms with Gasteiger partial charge in [0.2, 0.25) is 5.88 Å². The molecule has 1 amide bonds. The molecule has 6 heterocycles. The Balaban J connectivity index is 0.00000117. The van der Waals surface area contributed by atoms with Crippen LogP contribution in [-0.2, 0) is 11.2 Å². The van der Waals surface area contributed by atoms with Gasteiger partial charge in [-0.15, -0.1) is 0 Å². The van der Waals surface area contributed by atoms with Crippen LogP contribution in [-0.4, -0.2) is 71.1 Å². The molecule has 15 heteroatoms. The summed E-state index contributed by atoms with van der Waals surface area (Å²) < 4.78 is 84.7. The zero-order valence-corrected chi connectivity index (χ0v) is 29.1. The lowest BCUT2D eigenvalue weighted by atomic mass is 9.69. The number of amides is 1. The van der Waals surface area contributed by atoms with Gasteiger partial charge in [-0.05, 0) is 38.5 Å². The molecule has 4 aliphatic heterocycles. The molecule has 4 fully saturated rings. The molecule has 2 unspecified atom stereocenters. The van der Waals surface area contributed by atoms with Gasteiger partial charge >= 0.3 is 6.18 Å². The standard InChI is InChI=1S/C31H30F5N7O3.2C2H6/c1-13-8-43-20(7-39-13)15(3)46-28-22-21(23(33)25(41-28)17-4-16(38)5-19(32)18(17)6-31(34,35)36)14(2)24(40-26(22)43)27(44)42-29-9-30(10-29,11-37)45-12-29;2*1-2/h4-5,13,15,20,39H,6-10,12,38H2,1-3H3,(H,42,44);2*1-2H3/t13?,15-,20?,29?,30?;;/m0../s1. The van der Waals surface area contributed by atoms with Crippen molar-refractivity contribution in [3.05, 3.63) is 40.6 Å². The lowest BCUT2D eigenvalue weighted by Crippen LogP contribution is -2.60. The number of fused-ring (bicyclic) bond motifs is 3. The number of nitriles is 1. The third-order valence-corrected chi connectivity index (χ3v) is 9.45. The molecule has 10 nitrogen and oxygen atoms in total. The number of alkyl halides is 3. The van der Waals surface area contributed by atoms with E-state index >= 15 is 8.78 Å². The first kappa shape index (κ1) is 37.0. The normalized spacial score (nSPS) is 26.1. The van der Waals surface area contributed by atoms with Crippen LogP contribution in [0.2, 0.25) is 0 Å². The van der Waals surface area contributed by atoms with E-state index in [1.807, 2.05) is 39.5 Å². The predicted molar refractivity (Wildman–Crippen MR) is 179 cm³/mol. The molecule has 1 saturated carbocycles. The second-order valence-corrected chi connectivity index (χ2v) is 12.9. The van der Waals surface area contributed by atoms with Gasteiger partial charge in [-0.25, -0.2) is 18.7 Å². The summed E-state index contributed by atoms with van der Waals surface area (Å²) in [6, 6.07) is 3.58. The van der Waals surface area contributed by atoms with Crippen molar-refractivity contribution in [3.8, 4) is 23.2 Å². The number of carbonyl (C=O) groups excluding carboxylic acids is 1. The van der Waals surface area contributed by atoms with E-state index in [4.69, 9.17) is 20.2 Å². The van der Waals surface area contributed by atoms with Crippen LogP contribution in [0.1, 0.15) is 76.0 Å². The molecule has 50 heavy (non-hydrogen) atoms. The van der Waals surface area contributed by atoms with E-state index in [2.05, 4.69) is 21.7 Å². The van der Waals surface area contributed by atoms with Crippen LogP contribution in [0.25, 0.3) is 22.0 Å². The molecule has 0 radical (unpaired) electrons. The number of aromatic nitrogens is 2. The summed E-state index contributed by atoms with van der Waals surface area (Å²) in [4.78, 5) is 25.0. The van der Waals surface area contributed by atoms with Gasteiger partial charge in [-0.2, -0.15) is 18.4 Å². The second-order valence-electron chi connectivity index (χ2n) is 12.9. The Morgan fingerprint density at radius 1 is 1.16 bits per heavy atom. The number of carbonyl (C=O) groups is 1. The Hall–Kier alpha value is -4.29. The molecule has 270 valence electrons. The van der Waals surface area contributed by atoms with E-state index in [0.717, 1.165) is 12.1 Å². The lowest BCUT2D eigenvalue weighted by Gasteiger charge is -2.41. The van der Waals surface area contributed by atoms with Gasteiger partial charge in [0.15, 0.2) is 11.4 Å². The number of pyridine rings is 2. The number of halogens is 5. The molecule has 1 aliphatic carbocycles. The second kappa shape index (κ2) is 13.4. The first-order valence-corrected chi connectivity index (χ1v) is 16.9. The Morgan fingerprint density at radius 3 is 2.46 bits per heavy atom. The van der Waals surface area contributed by atoms with Crippen molar-refractivity contribution in [1.82, 2.24) is 20.6 Å². The third-order valence-electron chi connectivity index (χ3n) is 9.45. The monoisotopic (exact) mass is 703 g/mol. The lowest BCUT2D eigenvalue weighted by molar-refractivity contribution is -0.127. The summed E-state index contributed by atoms with van der Waals surface area (Å²) in [5, 5.41) is 15.8. The van der Waals surface area contributed by atoms with E-state index in [-0.39, 0.29) is 58.1 Å². The molecule has 1 aromatic carbocycles. The Labute approximate surface area is 287 Å². The van der Waals surface area contributed by atoms with Crippen molar-refractivity contribution in [2.45, 2.75) is 103 Å². The summed E-state index contributed by atoms with van der Waals surface area (Å²) in [7, 11) is 0. The van der Waals surface area contributed by atoms with Crippen molar-refractivity contribution < 1.29 is 36.2 Å². The van der Waals surface area contributed by atoms with Crippen LogP contribution < -0.4 is 26.0 Å². The van der Waals surface area contributed by atoms with E-state index in [1.54, 1.807) is 6.92 Å². The fraction of sp³-hybridized carbons (Fsp3) is 0.543. The summed E-state index contributed by atoms with van der Waals surface area (Å²) in [5.74, 6) is -2.84. The molecule has 4 N–H and O–H groups in total. The third kappa shape index (κ3) is 6.28. The molecule has 2 aromatic heterocycles. The number of nitrogens with zero attached hydrogens (tertiary/aromatic N) is 4. The topological polar surface area (TPSA) is 138 Å². The number of aryl methyl sites for hydroxylation is 1. The SMILES string of the molecule is CC.CC.Cc1c(C(=O)NC23COC(C#N)(C2)C3)nc2c3c(nc(-c4cc(N)cc(F)c4CC(F)(F)F)c(F)c13)O[C@@H](C)C1CNC(C)CN21. The van der Waals surface area contributed by atoms with Crippen LogP contribution in [0.4, 0.5) is 33.5 Å². The maximum absolute atomic E-state index is 17.0. The van der Waals surface area contributed by atoms with E-state index in [9.17, 15) is 23.2 Å². The minimum atomic E-state index is -4.82. The van der Waals surface area contributed by atoms with Gasteiger partial charge in [0.1, 0.15) is 29.1 Å². The zero-order valence-electron chi connectivity index (χ0n) is 29.1. The summed E-state index contributed by atoms with van der Waals surface area (Å²) in [6.07, 6.45) is -6.49. The number of hydrogen-bond acceptors (Lipinski definition) is 9. The average Bonchev–Trinajstić information content (AvgIpc) is 3.57. The number of rotatable bonds is 4. The average molecular weight is 704 g/mol. The highest BCUT2D eigenvalue weighted by molar-refractivity contribution is 6.07. The van der Waals surface area contributed by atoms with E-state index in [1.165, 1.54) is 6.92 Å². The number of nitrogen functional groups attached to an aromatic ring is 1. The highest BCUT2D eigenvalue weighted by Gasteiger charge is 2.64. The number of benzene rings is 1. The maximum Gasteiger partial charge on any atom is 0.393 e. The summed E-state index contributed by atoms with van der Waals surface area (Å²) >= 11 is 0. The molecule has 3 aromatic rings. The van der Waals surface area contributed by atoms with Gasteiger partial charge in [0.25, 0.3) is 5.91 Å². The van der Waals surface area contributed by atoms with Crippen LogP contribution in [0.15, 0.2) is 12.1 Å². The fourth-order valence-corrected chi connectivity index (χ4v) is 7.31. The van der Waals surface area contributed by atoms with Gasteiger partial charge in [-0.1, -0.05) is 27.7 Å². The summed E-state index contributed by atoms with van der Waals surface area (Å²) in [6.45, 7) is 14.2. The fourth-order valence-electron chi connectivity index (χ4n) is 7.31. The number of hydrogen-bond donors (Lipinski definition) is 3. The van der Waals surface area contributed by atoms with Gasteiger partial charge in [-0.3, -0.25) is 4.79 Å². The largest absolute Gasteiger partial charge is 0.472 e. The minimum absolute atomic E-state index is 0.0127. The number of piperazine rings is 1. The maximum atomic E-state index is 17.0. The van der Waals surface area contributed by atoms with Crippen molar-refractivity contribution in [3.63, 3.8) is 0 Å². The Bertz CT molecular complexity index is 1860. The highest BCUT2D eigenvalue weighted by Crippen LogP contribution is 2.51. The molecule has 8 rings (SSSR count). The van der Waals surface area contributed by atoms with Gasteiger partial charge < -0.3 is 30.7 Å². The van der Waals surface area contributed by atoms with Gasteiger partial charge in [0.05, 0.1) is 36.1 Å². The number of nitrogens with two attached hydrogens (primary N) is 1. The quantitative estimate of drug-likeness (QED) is 0.217. The molecular formula is C35H42F5N7O3. The first-order chi connectivity index (χ1) is 23.6. The van der Waals surface area contributed by atoms with Crippen molar-refractivity contribution in [1.29, 1.82) is 5.26 Å². The zero-order chi connectivity index (χ0) is 36.9. The van der Waals surface area contributed by atoms with E-state index in [0.29, 0.717) is 25.9 Å². The highest BCUT2D eigenvalue weighted by atomic mass is 19.4. The number of anilines is 2. The van der Waals surface area contributed by atoms with Crippen LogP contribution in [0, 0.1) is 29.9 Å². The molecule has 3 atom stereocenters. The van der Waals surface area contributed by atoms with Crippen molar-refractivity contribution in [2.24, 2.45) is 0 Å². The molecule has 2 bridgehead atoms. The van der Waals surface area contributed by atoms with Crippen molar-refractivity contribution >= 4 is 28.2 Å². The molecule has 3 saturated heterocycles. The molecular weight excluding hydrogens is 661 g/mol. The number of ether oxygens (including phenoxy) is 2. The number of nitrogens with one attached hydrogen (secondary N) is 2. The first-order valence-electron chi connectivity index (χ1n) is 16.9. The predicted octanol–water partition coefficient (Wildman–Crippen LogP) is 6.13.